The van der Waals surface area contributed by atoms with Crippen LogP contribution in [0.1, 0.15) is 39.0 Å². The summed E-state index contributed by atoms with van der Waals surface area (Å²) in [6.07, 6.45) is 6.36. The lowest BCUT2D eigenvalue weighted by Gasteiger charge is -2.42. The summed E-state index contributed by atoms with van der Waals surface area (Å²) in [6, 6.07) is 6.68. The molecule has 0 aromatic carbocycles. The van der Waals surface area contributed by atoms with Crippen LogP contribution in [0.2, 0.25) is 0 Å². The van der Waals surface area contributed by atoms with E-state index in [1.165, 1.54) is 0 Å². The molecule has 5 N–H and O–H groups in total. The first kappa shape index (κ1) is 21.5. The fraction of sp³-hybridized carbons (Fsp3) is 0.636. The van der Waals surface area contributed by atoms with Crippen molar-refractivity contribution >= 4 is 32.6 Å². The summed E-state index contributed by atoms with van der Waals surface area (Å²) < 4.78 is 28.1. The van der Waals surface area contributed by atoms with Crippen molar-refractivity contribution in [1.82, 2.24) is 30.4 Å². The van der Waals surface area contributed by atoms with Gasteiger partial charge >= 0.3 is 0 Å². The van der Waals surface area contributed by atoms with Gasteiger partial charge in [-0.1, -0.05) is 0 Å². The first-order chi connectivity index (χ1) is 16.0. The van der Waals surface area contributed by atoms with Gasteiger partial charge in [-0.15, -0.1) is 0 Å². The van der Waals surface area contributed by atoms with Crippen LogP contribution in [0.4, 0.5) is 11.6 Å². The number of anilines is 2. The van der Waals surface area contributed by atoms with Crippen molar-refractivity contribution in [3.05, 3.63) is 24.4 Å². The van der Waals surface area contributed by atoms with E-state index in [9.17, 15) is 8.42 Å². The SMILES string of the molecule is CC1CC(Nc2cc3ncccc3c(NC3C[C@H]4CC[C@@H](C3)N4S(=O)(=O)C3CNC3)n2)NN1. The van der Waals surface area contributed by atoms with E-state index in [2.05, 4.69) is 38.7 Å². The first-order valence-corrected chi connectivity index (χ1v) is 13.5. The van der Waals surface area contributed by atoms with E-state index >= 15 is 0 Å². The van der Waals surface area contributed by atoms with Gasteiger partial charge in [-0.3, -0.25) is 10.4 Å². The zero-order chi connectivity index (χ0) is 22.6. The molecule has 4 saturated heterocycles. The molecule has 4 fully saturated rings. The predicted molar refractivity (Wildman–Crippen MR) is 128 cm³/mol. The predicted octanol–water partition coefficient (Wildman–Crippen LogP) is 0.963. The zero-order valence-corrected chi connectivity index (χ0v) is 19.6. The lowest BCUT2D eigenvalue weighted by Crippen LogP contribution is -2.60. The number of pyridine rings is 2. The van der Waals surface area contributed by atoms with Gasteiger partial charge in [0.05, 0.1) is 11.7 Å². The van der Waals surface area contributed by atoms with Crippen LogP contribution in [0, 0.1) is 0 Å². The highest BCUT2D eigenvalue weighted by atomic mass is 32.2. The molecule has 11 heteroatoms. The monoisotopic (exact) mass is 472 g/mol. The Morgan fingerprint density at radius 2 is 1.88 bits per heavy atom. The third-order valence-electron chi connectivity index (χ3n) is 7.48. The molecule has 33 heavy (non-hydrogen) atoms. The quantitative estimate of drug-likeness (QED) is 0.418. The number of hydrogen-bond donors (Lipinski definition) is 5. The molecule has 3 unspecified atom stereocenters. The second-order valence-corrected chi connectivity index (χ2v) is 12.0. The standard InChI is InChI=1S/C22H32N8O2S/c1-13-7-21(29-28-13)26-20-10-19-18(3-2-6-24-19)22(27-20)25-14-8-15-4-5-16(9-14)30(15)33(31,32)17-11-23-12-17/h2-3,6,10,13-17,21,23,28-29H,4-5,7-9,11-12H2,1H3,(H2,25,26,27)/t13?,14?,15-,16+,21?. The molecule has 10 nitrogen and oxygen atoms in total. The van der Waals surface area contributed by atoms with Gasteiger partial charge in [-0.2, -0.15) is 4.31 Å². The second kappa shape index (κ2) is 8.31. The van der Waals surface area contributed by atoms with Crippen molar-refractivity contribution < 1.29 is 8.42 Å². The maximum atomic E-state index is 13.1. The molecule has 6 heterocycles. The molecule has 2 aromatic rings. The molecule has 0 radical (unpaired) electrons. The third-order valence-corrected chi connectivity index (χ3v) is 9.84. The Kier molecular flexibility index (Phi) is 5.41. The van der Waals surface area contributed by atoms with E-state index in [0.717, 1.165) is 54.6 Å². The summed E-state index contributed by atoms with van der Waals surface area (Å²) in [5.74, 6) is 1.59. The van der Waals surface area contributed by atoms with Crippen LogP contribution < -0.4 is 26.8 Å². The van der Waals surface area contributed by atoms with E-state index < -0.39 is 10.0 Å². The fourth-order valence-electron chi connectivity index (χ4n) is 5.75. The molecule has 178 valence electrons. The molecule has 4 aliphatic heterocycles. The fourth-order valence-corrected chi connectivity index (χ4v) is 7.97. The average Bonchev–Trinajstić information content (AvgIpc) is 3.27. The summed E-state index contributed by atoms with van der Waals surface area (Å²) in [6.45, 7) is 3.29. The van der Waals surface area contributed by atoms with Gasteiger partial charge in [0.25, 0.3) is 0 Å². The minimum Gasteiger partial charge on any atom is -0.367 e. The Bertz CT molecular complexity index is 1130. The Labute approximate surface area is 194 Å². The first-order valence-electron chi connectivity index (χ1n) is 12.0. The number of fused-ring (bicyclic) bond motifs is 3. The summed E-state index contributed by atoms with van der Waals surface area (Å²) >= 11 is 0. The van der Waals surface area contributed by atoms with E-state index in [1.54, 1.807) is 6.20 Å². The lowest BCUT2D eigenvalue weighted by atomic mass is 9.99. The number of hydrogen-bond acceptors (Lipinski definition) is 9. The average molecular weight is 473 g/mol. The van der Waals surface area contributed by atoms with Crippen molar-refractivity contribution in [2.45, 2.75) is 74.6 Å². The van der Waals surface area contributed by atoms with E-state index in [4.69, 9.17) is 4.98 Å². The molecule has 2 bridgehead atoms. The lowest BCUT2D eigenvalue weighted by molar-refractivity contribution is 0.229. The van der Waals surface area contributed by atoms with E-state index in [1.807, 2.05) is 22.5 Å². The topological polar surface area (TPSA) is 123 Å². The van der Waals surface area contributed by atoms with Crippen molar-refractivity contribution in [2.75, 3.05) is 23.7 Å². The van der Waals surface area contributed by atoms with Gasteiger partial charge in [-0.25, -0.2) is 18.8 Å². The van der Waals surface area contributed by atoms with Gasteiger partial charge in [0.2, 0.25) is 10.0 Å². The van der Waals surface area contributed by atoms with Crippen LogP contribution >= 0.6 is 0 Å². The summed E-state index contributed by atoms with van der Waals surface area (Å²) in [5, 5.41) is 11.0. The Morgan fingerprint density at radius 3 is 2.55 bits per heavy atom. The zero-order valence-electron chi connectivity index (χ0n) is 18.8. The van der Waals surface area contributed by atoms with Gasteiger partial charge in [0.1, 0.15) is 16.9 Å². The van der Waals surface area contributed by atoms with Gasteiger partial charge in [0, 0.05) is 54.9 Å². The van der Waals surface area contributed by atoms with Crippen LogP contribution in [0.3, 0.4) is 0 Å². The van der Waals surface area contributed by atoms with Crippen molar-refractivity contribution in [2.24, 2.45) is 0 Å². The molecule has 0 saturated carbocycles. The smallest absolute Gasteiger partial charge is 0.220 e. The van der Waals surface area contributed by atoms with Gasteiger partial charge < -0.3 is 16.0 Å². The molecule has 6 rings (SSSR count). The van der Waals surface area contributed by atoms with Crippen LogP contribution in [-0.2, 0) is 10.0 Å². The number of nitrogens with zero attached hydrogens (tertiary/aromatic N) is 3. The number of nitrogens with one attached hydrogen (secondary N) is 5. The normalized spacial score (nSPS) is 32.7. The molecule has 5 atom stereocenters. The van der Waals surface area contributed by atoms with Crippen molar-refractivity contribution in [3.8, 4) is 0 Å². The Morgan fingerprint density at radius 1 is 1.09 bits per heavy atom. The molecule has 0 amide bonds. The minimum atomic E-state index is -3.22. The summed E-state index contributed by atoms with van der Waals surface area (Å²) in [7, 11) is -3.22. The maximum absolute atomic E-state index is 13.1. The van der Waals surface area contributed by atoms with Gasteiger partial charge in [-0.05, 0) is 51.2 Å². The van der Waals surface area contributed by atoms with Crippen molar-refractivity contribution in [1.29, 1.82) is 0 Å². The molecular formula is C22H32N8O2S. The largest absolute Gasteiger partial charge is 0.367 e. The third kappa shape index (κ3) is 3.95. The van der Waals surface area contributed by atoms with E-state index in [-0.39, 0.29) is 29.5 Å². The van der Waals surface area contributed by atoms with Crippen molar-refractivity contribution in [3.63, 3.8) is 0 Å². The second-order valence-electron chi connectivity index (χ2n) is 9.90. The number of hydrazine groups is 1. The number of sulfonamides is 1. The van der Waals surface area contributed by atoms with Crippen LogP contribution in [0.15, 0.2) is 24.4 Å². The molecular weight excluding hydrogens is 440 g/mol. The summed E-state index contributed by atoms with van der Waals surface area (Å²) in [5.41, 5.74) is 7.37. The van der Waals surface area contributed by atoms with Crippen LogP contribution in [-0.4, -0.2) is 71.4 Å². The highest BCUT2D eigenvalue weighted by molar-refractivity contribution is 7.89. The van der Waals surface area contributed by atoms with E-state index in [0.29, 0.717) is 19.1 Å². The highest BCUT2D eigenvalue weighted by Gasteiger charge is 2.50. The van der Waals surface area contributed by atoms with Crippen LogP contribution in [0.25, 0.3) is 10.9 Å². The number of piperidine rings is 1. The Balaban J connectivity index is 1.22. The summed E-state index contributed by atoms with van der Waals surface area (Å²) in [4.78, 5) is 9.46. The molecule has 0 spiro atoms. The Hall–Kier alpha value is -2.05. The highest BCUT2D eigenvalue weighted by Crippen LogP contribution is 2.40. The minimum absolute atomic E-state index is 0.0767. The molecule has 0 aliphatic carbocycles. The molecule has 2 aromatic heterocycles. The molecule has 4 aliphatic rings. The number of aromatic nitrogens is 2. The number of rotatable bonds is 6. The van der Waals surface area contributed by atoms with Gasteiger partial charge in [0.15, 0.2) is 0 Å². The van der Waals surface area contributed by atoms with Crippen LogP contribution in [0.5, 0.6) is 0 Å². The maximum Gasteiger partial charge on any atom is 0.220 e.